The van der Waals surface area contributed by atoms with E-state index in [-0.39, 0.29) is 11.9 Å². The Balaban J connectivity index is 2.18. The number of nitrogens with zero attached hydrogens (tertiary/aromatic N) is 2. The number of hydrogen-bond acceptors (Lipinski definition) is 2. The van der Waals surface area contributed by atoms with Crippen molar-refractivity contribution in [3.63, 3.8) is 0 Å². The summed E-state index contributed by atoms with van der Waals surface area (Å²) in [5.41, 5.74) is 7.87. The zero-order valence-electron chi connectivity index (χ0n) is 10.8. The molecule has 0 aliphatic rings. The van der Waals surface area contributed by atoms with Crippen LogP contribution in [-0.2, 0) is 0 Å². The van der Waals surface area contributed by atoms with Gasteiger partial charge in [-0.1, -0.05) is 30.3 Å². The average molecular weight is 267 g/mol. The molecule has 0 spiro atoms. The van der Waals surface area contributed by atoms with Gasteiger partial charge in [-0.25, -0.2) is 9.37 Å². The molecule has 1 unspecified atom stereocenters. The van der Waals surface area contributed by atoms with Gasteiger partial charge < -0.3 is 10.3 Å². The van der Waals surface area contributed by atoms with Crippen LogP contribution < -0.4 is 5.73 Å². The molecule has 4 heteroatoms. The second kappa shape index (κ2) is 5.17. The van der Waals surface area contributed by atoms with Crippen molar-refractivity contribution in [2.75, 3.05) is 5.73 Å². The molecular formula is C16H14FN3. The lowest BCUT2D eigenvalue weighted by molar-refractivity contribution is 0.573. The fraction of sp³-hybridized carbons (Fsp3) is 0.0625. The third-order valence-electron chi connectivity index (χ3n) is 3.25. The monoisotopic (exact) mass is 267 g/mol. The maximum atomic E-state index is 14.2. The van der Waals surface area contributed by atoms with Gasteiger partial charge in [0.1, 0.15) is 5.82 Å². The van der Waals surface area contributed by atoms with Gasteiger partial charge in [0.05, 0.1) is 12.4 Å². The van der Waals surface area contributed by atoms with Gasteiger partial charge >= 0.3 is 0 Å². The van der Waals surface area contributed by atoms with Gasteiger partial charge in [0, 0.05) is 23.6 Å². The second-order valence-corrected chi connectivity index (χ2v) is 4.60. The molecule has 2 N–H and O–H groups in total. The van der Waals surface area contributed by atoms with Crippen LogP contribution in [0.15, 0.2) is 67.3 Å². The van der Waals surface area contributed by atoms with Gasteiger partial charge in [0.15, 0.2) is 0 Å². The van der Waals surface area contributed by atoms with Crippen LogP contribution in [0.3, 0.4) is 0 Å². The van der Waals surface area contributed by atoms with Crippen molar-refractivity contribution >= 4 is 5.69 Å². The minimum absolute atomic E-state index is 0.276. The minimum atomic E-state index is -0.276. The van der Waals surface area contributed by atoms with E-state index in [1.165, 1.54) is 6.07 Å². The van der Waals surface area contributed by atoms with Crippen LogP contribution in [0.4, 0.5) is 10.1 Å². The topological polar surface area (TPSA) is 43.8 Å². The zero-order valence-corrected chi connectivity index (χ0v) is 10.8. The maximum Gasteiger partial charge on any atom is 0.128 e. The quantitative estimate of drug-likeness (QED) is 0.740. The van der Waals surface area contributed by atoms with E-state index in [9.17, 15) is 4.39 Å². The Bertz CT molecular complexity index is 693. The standard InChI is InChI=1S/C16H14FN3/c17-15-7-6-13(18)10-14(15)16(20-9-8-19-11-20)12-4-2-1-3-5-12/h1-11,16H,18H2. The Morgan fingerprint density at radius 3 is 2.60 bits per heavy atom. The molecule has 0 saturated heterocycles. The van der Waals surface area contributed by atoms with Crippen molar-refractivity contribution in [2.45, 2.75) is 6.04 Å². The van der Waals surface area contributed by atoms with Crippen molar-refractivity contribution in [3.8, 4) is 0 Å². The maximum absolute atomic E-state index is 14.2. The molecule has 20 heavy (non-hydrogen) atoms. The summed E-state index contributed by atoms with van der Waals surface area (Å²) >= 11 is 0. The first kappa shape index (κ1) is 12.4. The summed E-state index contributed by atoms with van der Waals surface area (Å²) in [6.07, 6.45) is 5.18. The number of halogens is 1. The Morgan fingerprint density at radius 2 is 1.90 bits per heavy atom. The van der Waals surface area contributed by atoms with Crippen molar-refractivity contribution < 1.29 is 4.39 Å². The third-order valence-corrected chi connectivity index (χ3v) is 3.25. The number of rotatable bonds is 3. The lowest BCUT2D eigenvalue weighted by Gasteiger charge is -2.20. The van der Waals surface area contributed by atoms with Crippen molar-refractivity contribution in [2.24, 2.45) is 0 Å². The Hall–Kier alpha value is -2.62. The van der Waals surface area contributed by atoms with Gasteiger partial charge in [-0.15, -0.1) is 0 Å². The van der Waals surface area contributed by atoms with E-state index >= 15 is 0 Å². The number of nitrogen functional groups attached to an aromatic ring is 1. The molecule has 3 rings (SSSR count). The first-order valence-electron chi connectivity index (χ1n) is 6.33. The molecular weight excluding hydrogens is 253 g/mol. The number of hydrogen-bond donors (Lipinski definition) is 1. The molecule has 1 aromatic heterocycles. The second-order valence-electron chi connectivity index (χ2n) is 4.60. The molecule has 3 aromatic rings. The predicted molar refractivity (Wildman–Crippen MR) is 76.7 cm³/mol. The van der Waals surface area contributed by atoms with Crippen LogP contribution >= 0.6 is 0 Å². The van der Waals surface area contributed by atoms with Gasteiger partial charge in [0.2, 0.25) is 0 Å². The highest BCUT2D eigenvalue weighted by atomic mass is 19.1. The highest BCUT2D eigenvalue weighted by Gasteiger charge is 2.19. The van der Waals surface area contributed by atoms with Crippen molar-refractivity contribution in [1.82, 2.24) is 9.55 Å². The van der Waals surface area contributed by atoms with Crippen LogP contribution in [0.25, 0.3) is 0 Å². The van der Waals surface area contributed by atoms with Crippen molar-refractivity contribution in [1.29, 1.82) is 0 Å². The summed E-state index contributed by atoms with van der Waals surface area (Å²) < 4.78 is 16.1. The van der Waals surface area contributed by atoms with Crippen LogP contribution in [0.1, 0.15) is 17.2 Å². The summed E-state index contributed by atoms with van der Waals surface area (Å²) in [4.78, 5) is 4.06. The van der Waals surface area contributed by atoms with Crippen LogP contribution in [0, 0.1) is 5.82 Å². The van der Waals surface area contributed by atoms with E-state index in [1.54, 1.807) is 24.7 Å². The van der Waals surface area contributed by atoms with E-state index in [2.05, 4.69) is 4.98 Å². The molecule has 3 nitrogen and oxygen atoms in total. The number of nitrogens with two attached hydrogens (primary N) is 1. The molecule has 0 fully saturated rings. The van der Waals surface area contributed by atoms with Gasteiger partial charge in [-0.3, -0.25) is 0 Å². The fourth-order valence-corrected chi connectivity index (χ4v) is 2.34. The molecule has 0 saturated carbocycles. The number of anilines is 1. The molecule has 0 bridgehead atoms. The molecule has 0 amide bonds. The van der Waals surface area contributed by atoms with Crippen LogP contribution in [-0.4, -0.2) is 9.55 Å². The molecule has 1 heterocycles. The molecule has 0 aliphatic heterocycles. The summed E-state index contributed by atoms with van der Waals surface area (Å²) in [5.74, 6) is -0.276. The molecule has 2 aromatic carbocycles. The van der Waals surface area contributed by atoms with Gasteiger partial charge in [0.25, 0.3) is 0 Å². The smallest absolute Gasteiger partial charge is 0.128 e. The predicted octanol–water partition coefficient (Wildman–Crippen LogP) is 3.24. The van der Waals surface area contributed by atoms with Crippen molar-refractivity contribution in [3.05, 3.63) is 84.2 Å². The average Bonchev–Trinajstić information content (AvgIpc) is 2.98. The first-order chi connectivity index (χ1) is 9.75. The number of benzene rings is 2. The molecule has 100 valence electrons. The first-order valence-corrected chi connectivity index (χ1v) is 6.33. The Morgan fingerprint density at radius 1 is 1.10 bits per heavy atom. The molecule has 0 aliphatic carbocycles. The highest BCUT2D eigenvalue weighted by Crippen LogP contribution is 2.29. The largest absolute Gasteiger partial charge is 0.399 e. The zero-order chi connectivity index (χ0) is 13.9. The normalized spacial score (nSPS) is 12.2. The minimum Gasteiger partial charge on any atom is -0.399 e. The lowest BCUT2D eigenvalue weighted by Crippen LogP contribution is -2.12. The Labute approximate surface area is 116 Å². The van der Waals surface area contributed by atoms with Crippen LogP contribution in [0.2, 0.25) is 0 Å². The fourth-order valence-electron chi connectivity index (χ4n) is 2.34. The van der Waals surface area contributed by atoms with E-state index in [0.29, 0.717) is 11.3 Å². The Kier molecular flexibility index (Phi) is 3.21. The van der Waals surface area contributed by atoms with Crippen LogP contribution in [0.5, 0.6) is 0 Å². The third kappa shape index (κ3) is 2.28. The number of imidazole rings is 1. The van der Waals surface area contributed by atoms with E-state index < -0.39 is 0 Å². The molecule has 1 atom stereocenters. The van der Waals surface area contributed by atoms with E-state index in [1.807, 2.05) is 41.1 Å². The lowest BCUT2D eigenvalue weighted by atomic mass is 9.97. The van der Waals surface area contributed by atoms with E-state index in [4.69, 9.17) is 5.73 Å². The SMILES string of the molecule is Nc1ccc(F)c(C(c2ccccc2)n2ccnc2)c1. The van der Waals surface area contributed by atoms with Gasteiger partial charge in [-0.05, 0) is 23.8 Å². The summed E-state index contributed by atoms with van der Waals surface area (Å²) in [7, 11) is 0. The summed E-state index contributed by atoms with van der Waals surface area (Å²) in [5, 5.41) is 0. The highest BCUT2D eigenvalue weighted by molar-refractivity contribution is 5.45. The van der Waals surface area contributed by atoms with Gasteiger partial charge in [-0.2, -0.15) is 0 Å². The van der Waals surface area contributed by atoms with E-state index in [0.717, 1.165) is 5.56 Å². The molecule has 0 radical (unpaired) electrons. The number of aromatic nitrogens is 2. The summed E-state index contributed by atoms with van der Waals surface area (Å²) in [6, 6.07) is 14.1. The summed E-state index contributed by atoms with van der Waals surface area (Å²) in [6.45, 7) is 0.